The number of ether oxygens (including phenoxy) is 2. The minimum Gasteiger partial charge on any atom is -0.497 e. The molecule has 0 aliphatic carbocycles. The fourth-order valence-corrected chi connectivity index (χ4v) is 4.07. The molecule has 2 amide bonds. The minimum atomic E-state index is -0.598. The van der Waals surface area contributed by atoms with E-state index in [2.05, 4.69) is 42.0 Å². The van der Waals surface area contributed by atoms with E-state index in [1.807, 2.05) is 63.2 Å². The predicted octanol–water partition coefficient (Wildman–Crippen LogP) is 5.71. The van der Waals surface area contributed by atoms with E-state index in [4.69, 9.17) is 9.47 Å². The zero-order valence-electron chi connectivity index (χ0n) is 22.0. The van der Waals surface area contributed by atoms with Gasteiger partial charge in [0.25, 0.3) is 5.91 Å². The van der Waals surface area contributed by atoms with Crippen LogP contribution in [0.5, 0.6) is 11.5 Å². The third-order valence-corrected chi connectivity index (χ3v) is 6.35. The summed E-state index contributed by atoms with van der Waals surface area (Å²) in [5.74, 6) is 1.24. The number of halogens is 1. The Morgan fingerprint density at radius 1 is 1.09 bits per heavy atom. The van der Waals surface area contributed by atoms with Gasteiger partial charge in [0.15, 0.2) is 6.61 Å². The van der Waals surface area contributed by atoms with Gasteiger partial charge in [0.1, 0.15) is 17.5 Å². The fourth-order valence-electron chi connectivity index (χ4n) is 3.58. The van der Waals surface area contributed by atoms with E-state index in [9.17, 15) is 9.59 Å². The van der Waals surface area contributed by atoms with E-state index in [1.165, 1.54) is 0 Å². The summed E-state index contributed by atoms with van der Waals surface area (Å²) in [5.41, 5.74) is 2.08. The zero-order chi connectivity index (χ0) is 26.2. The third-order valence-electron chi connectivity index (χ3n) is 5.73. The summed E-state index contributed by atoms with van der Waals surface area (Å²) in [6.07, 6.45) is 0.496. The molecule has 35 heavy (non-hydrogen) atoms. The molecule has 0 radical (unpaired) electrons. The van der Waals surface area contributed by atoms with Crippen molar-refractivity contribution >= 4 is 27.7 Å². The van der Waals surface area contributed by atoms with Crippen LogP contribution in [0.15, 0.2) is 46.9 Å². The van der Waals surface area contributed by atoms with Crippen molar-refractivity contribution in [2.45, 2.75) is 66.0 Å². The van der Waals surface area contributed by atoms with Gasteiger partial charge in [-0.15, -0.1) is 0 Å². The number of nitrogens with one attached hydrogen (secondary N) is 1. The second-order valence-corrected chi connectivity index (χ2v) is 11.0. The van der Waals surface area contributed by atoms with Crippen molar-refractivity contribution in [1.29, 1.82) is 0 Å². The Bertz CT molecular complexity index is 983. The molecule has 7 heteroatoms. The number of carbonyl (C=O) groups excluding carboxylic acids is 2. The molecule has 0 unspecified atom stereocenters. The molecule has 0 spiro atoms. The number of hydrogen-bond acceptors (Lipinski definition) is 4. The van der Waals surface area contributed by atoms with Crippen LogP contribution in [0.25, 0.3) is 0 Å². The third kappa shape index (κ3) is 8.57. The first-order chi connectivity index (χ1) is 16.5. The van der Waals surface area contributed by atoms with E-state index in [-0.39, 0.29) is 23.8 Å². The molecule has 2 rings (SSSR count). The number of hydrogen-bond donors (Lipinski definition) is 1. The zero-order valence-corrected chi connectivity index (χ0v) is 23.6. The molecule has 6 nitrogen and oxygen atoms in total. The van der Waals surface area contributed by atoms with Crippen LogP contribution in [0.4, 0.5) is 0 Å². The molecule has 0 heterocycles. The van der Waals surface area contributed by atoms with Crippen LogP contribution >= 0.6 is 15.9 Å². The minimum absolute atomic E-state index is 0.00370. The molecule has 1 atom stereocenters. The summed E-state index contributed by atoms with van der Waals surface area (Å²) < 4.78 is 11.9. The fraction of sp³-hybridized carbons (Fsp3) is 0.500. The van der Waals surface area contributed by atoms with Crippen molar-refractivity contribution in [2.24, 2.45) is 5.92 Å². The lowest BCUT2D eigenvalue weighted by Gasteiger charge is -2.31. The Balaban J connectivity index is 2.23. The maximum absolute atomic E-state index is 13.4. The van der Waals surface area contributed by atoms with Gasteiger partial charge in [-0.3, -0.25) is 9.59 Å². The van der Waals surface area contributed by atoms with Gasteiger partial charge in [-0.05, 0) is 69.1 Å². The van der Waals surface area contributed by atoms with Gasteiger partial charge in [-0.2, -0.15) is 0 Å². The highest BCUT2D eigenvalue weighted by Crippen LogP contribution is 2.31. The second kappa shape index (κ2) is 13.0. The van der Waals surface area contributed by atoms with E-state index in [0.29, 0.717) is 31.2 Å². The summed E-state index contributed by atoms with van der Waals surface area (Å²) in [7, 11) is 1.61. The number of rotatable bonds is 11. The van der Waals surface area contributed by atoms with E-state index >= 15 is 0 Å². The summed E-state index contributed by atoms with van der Waals surface area (Å²) >= 11 is 3.57. The molecule has 0 saturated heterocycles. The van der Waals surface area contributed by atoms with E-state index < -0.39 is 6.04 Å². The molecular weight excluding hydrogens is 508 g/mol. The topological polar surface area (TPSA) is 67.9 Å². The molecular formula is C28H39BrN2O4. The first-order valence-corrected chi connectivity index (χ1v) is 12.9. The molecule has 192 valence electrons. The second-order valence-electron chi connectivity index (χ2n) is 10.1. The number of nitrogens with zero attached hydrogens (tertiary/aromatic N) is 1. The Labute approximate surface area is 218 Å². The Kier molecular flexibility index (Phi) is 10.6. The van der Waals surface area contributed by atoms with Crippen molar-refractivity contribution in [1.82, 2.24) is 10.2 Å². The SMILES string of the molecule is CC[C@@H](C(=O)NCC(C)C)N(Cc1ccc(OC)cc1)C(=O)COc1ccc(C(C)(C)C)cc1Br. The molecule has 0 bridgehead atoms. The van der Waals surface area contributed by atoms with E-state index in [1.54, 1.807) is 12.0 Å². The standard InChI is InChI=1S/C28H39BrN2O4/c1-8-24(27(33)30-16-19(2)3)31(17-20-9-12-22(34-7)13-10-20)26(32)18-35-25-14-11-21(15-23(25)29)28(4,5)6/h9-15,19,24H,8,16-18H2,1-7H3,(H,30,33)/t24-/m0/s1. The van der Waals surface area contributed by atoms with Crippen LogP contribution in [0.2, 0.25) is 0 Å². The lowest BCUT2D eigenvalue weighted by Crippen LogP contribution is -2.50. The van der Waals surface area contributed by atoms with Gasteiger partial charge in [-0.25, -0.2) is 0 Å². The van der Waals surface area contributed by atoms with Crippen LogP contribution in [-0.4, -0.2) is 43.0 Å². The maximum Gasteiger partial charge on any atom is 0.261 e. The summed E-state index contributed by atoms with van der Waals surface area (Å²) in [6.45, 7) is 13.1. The highest BCUT2D eigenvalue weighted by atomic mass is 79.9. The average molecular weight is 548 g/mol. The van der Waals surface area contributed by atoms with Gasteiger partial charge >= 0.3 is 0 Å². The molecule has 2 aromatic carbocycles. The van der Waals surface area contributed by atoms with Crippen LogP contribution in [0.1, 0.15) is 59.1 Å². The van der Waals surface area contributed by atoms with Gasteiger partial charge in [0.05, 0.1) is 11.6 Å². The lowest BCUT2D eigenvalue weighted by atomic mass is 9.87. The first kappa shape index (κ1) is 28.7. The van der Waals surface area contributed by atoms with Crippen molar-refractivity contribution < 1.29 is 19.1 Å². The molecule has 0 fully saturated rings. The monoisotopic (exact) mass is 546 g/mol. The Hall–Kier alpha value is -2.54. The molecule has 0 saturated carbocycles. The lowest BCUT2D eigenvalue weighted by molar-refractivity contribution is -0.143. The number of methoxy groups -OCH3 is 1. The summed E-state index contributed by atoms with van der Waals surface area (Å²) in [4.78, 5) is 28.0. The molecule has 0 aromatic heterocycles. The molecule has 2 aromatic rings. The Morgan fingerprint density at radius 3 is 2.26 bits per heavy atom. The summed E-state index contributed by atoms with van der Waals surface area (Å²) in [5, 5.41) is 2.97. The first-order valence-electron chi connectivity index (χ1n) is 12.1. The number of amides is 2. The largest absolute Gasteiger partial charge is 0.497 e. The normalized spacial score (nSPS) is 12.3. The molecule has 1 N–H and O–H groups in total. The molecule has 0 aliphatic heterocycles. The van der Waals surface area contributed by atoms with Crippen molar-refractivity contribution in [2.75, 3.05) is 20.3 Å². The predicted molar refractivity (Wildman–Crippen MR) is 144 cm³/mol. The van der Waals surface area contributed by atoms with Crippen LogP contribution in [0.3, 0.4) is 0 Å². The smallest absolute Gasteiger partial charge is 0.261 e. The van der Waals surface area contributed by atoms with Crippen LogP contribution < -0.4 is 14.8 Å². The van der Waals surface area contributed by atoms with Crippen molar-refractivity contribution in [3.8, 4) is 11.5 Å². The van der Waals surface area contributed by atoms with Gasteiger partial charge in [-0.1, -0.05) is 59.7 Å². The number of carbonyl (C=O) groups is 2. The Morgan fingerprint density at radius 2 is 1.74 bits per heavy atom. The highest BCUT2D eigenvalue weighted by molar-refractivity contribution is 9.10. The van der Waals surface area contributed by atoms with Crippen LogP contribution in [0, 0.1) is 5.92 Å². The van der Waals surface area contributed by atoms with Crippen LogP contribution in [-0.2, 0) is 21.5 Å². The van der Waals surface area contributed by atoms with Gasteiger partial charge in [0.2, 0.25) is 5.91 Å². The number of benzene rings is 2. The highest BCUT2D eigenvalue weighted by Gasteiger charge is 2.29. The maximum atomic E-state index is 13.4. The molecule has 0 aliphatic rings. The van der Waals surface area contributed by atoms with E-state index in [0.717, 1.165) is 21.3 Å². The summed E-state index contributed by atoms with van der Waals surface area (Å²) in [6, 6.07) is 12.8. The van der Waals surface area contributed by atoms with Crippen molar-refractivity contribution in [3.05, 3.63) is 58.1 Å². The van der Waals surface area contributed by atoms with Crippen molar-refractivity contribution in [3.63, 3.8) is 0 Å². The van der Waals surface area contributed by atoms with Gasteiger partial charge < -0.3 is 19.7 Å². The van der Waals surface area contributed by atoms with Gasteiger partial charge in [0, 0.05) is 13.1 Å². The quantitative estimate of drug-likeness (QED) is 0.391. The average Bonchev–Trinajstić information content (AvgIpc) is 2.81.